The van der Waals surface area contributed by atoms with Crippen LogP contribution in [0.1, 0.15) is 24.4 Å². The Morgan fingerprint density at radius 3 is 2.18 bits per heavy atom. The third kappa shape index (κ3) is 5.26. The molecule has 1 N–H and O–H groups in total. The molecule has 176 valence electrons. The van der Waals surface area contributed by atoms with Crippen LogP contribution in [0.15, 0.2) is 91.0 Å². The van der Waals surface area contributed by atoms with Crippen LogP contribution in [0.2, 0.25) is 0 Å². The van der Waals surface area contributed by atoms with Gasteiger partial charge in [0.2, 0.25) is 0 Å². The maximum atomic E-state index is 13.5. The maximum absolute atomic E-state index is 13.5. The standard InChI is InChI=1S/C29H33N2O3/c32-29(28(24-10-4-1-5-11-24)30-25-12-6-2-7-13-25)34-27-22-31(18-16-23(27)17-19-31)20-21-33-26-14-8-3-9-15-26/h1-15,23,27-28,30H,16-22H2/q+1/t23?,27-,28-,31?/m0/s1. The monoisotopic (exact) mass is 457 g/mol. The smallest absolute Gasteiger partial charge is 0.333 e. The fraction of sp³-hybridized carbons (Fsp3) is 0.345. The van der Waals surface area contributed by atoms with E-state index in [1.165, 1.54) is 0 Å². The minimum atomic E-state index is -0.533. The number of anilines is 1. The number of esters is 1. The van der Waals surface area contributed by atoms with Gasteiger partial charge in [-0.1, -0.05) is 66.7 Å². The highest BCUT2D eigenvalue weighted by Gasteiger charge is 2.48. The highest BCUT2D eigenvalue weighted by Crippen LogP contribution is 2.36. The number of nitrogens with zero attached hydrogens (tertiary/aromatic N) is 1. The van der Waals surface area contributed by atoms with Crippen molar-refractivity contribution in [3.63, 3.8) is 0 Å². The Labute approximate surface area is 201 Å². The first-order valence-corrected chi connectivity index (χ1v) is 12.3. The molecule has 0 unspecified atom stereocenters. The third-order valence-corrected chi connectivity index (χ3v) is 7.34. The number of fused-ring (bicyclic) bond motifs is 3. The number of carbonyl (C=O) groups excluding carboxylic acids is 1. The molecule has 3 aliphatic heterocycles. The zero-order valence-electron chi connectivity index (χ0n) is 19.5. The molecule has 0 aromatic heterocycles. The van der Waals surface area contributed by atoms with Crippen molar-refractivity contribution >= 4 is 11.7 Å². The van der Waals surface area contributed by atoms with Crippen LogP contribution >= 0.6 is 0 Å². The Morgan fingerprint density at radius 1 is 0.882 bits per heavy atom. The zero-order chi connectivity index (χ0) is 23.2. The molecule has 3 saturated heterocycles. The van der Waals surface area contributed by atoms with Crippen molar-refractivity contribution in [2.45, 2.75) is 25.0 Å². The lowest BCUT2D eigenvalue weighted by Gasteiger charge is -2.52. The average Bonchev–Trinajstić information content (AvgIpc) is 2.89. The lowest BCUT2D eigenvalue weighted by atomic mass is 9.83. The summed E-state index contributed by atoms with van der Waals surface area (Å²) < 4.78 is 13.2. The summed E-state index contributed by atoms with van der Waals surface area (Å²) in [7, 11) is 0. The van der Waals surface area contributed by atoms with Gasteiger partial charge in [0.15, 0.2) is 12.1 Å². The van der Waals surface area contributed by atoms with Gasteiger partial charge in [-0.3, -0.25) is 0 Å². The molecule has 3 aliphatic rings. The van der Waals surface area contributed by atoms with Crippen LogP contribution in [0.3, 0.4) is 0 Å². The van der Waals surface area contributed by atoms with E-state index in [1.54, 1.807) is 0 Å². The maximum Gasteiger partial charge on any atom is 0.333 e. The van der Waals surface area contributed by atoms with E-state index in [0.29, 0.717) is 12.5 Å². The number of para-hydroxylation sites is 2. The van der Waals surface area contributed by atoms with Crippen molar-refractivity contribution in [2.75, 3.05) is 38.1 Å². The van der Waals surface area contributed by atoms with Crippen molar-refractivity contribution in [1.82, 2.24) is 0 Å². The number of quaternary nitrogens is 1. The second kappa shape index (κ2) is 10.3. The van der Waals surface area contributed by atoms with Gasteiger partial charge in [-0.2, -0.15) is 0 Å². The molecule has 5 nitrogen and oxygen atoms in total. The topological polar surface area (TPSA) is 47.6 Å². The summed E-state index contributed by atoms with van der Waals surface area (Å²) in [5, 5.41) is 3.39. The van der Waals surface area contributed by atoms with E-state index in [4.69, 9.17) is 9.47 Å². The minimum absolute atomic E-state index is 0.0458. The predicted octanol–water partition coefficient (Wildman–Crippen LogP) is 5.07. The van der Waals surface area contributed by atoms with Crippen molar-refractivity contribution in [3.8, 4) is 5.75 Å². The van der Waals surface area contributed by atoms with Gasteiger partial charge in [0.1, 0.15) is 25.4 Å². The molecule has 3 aromatic carbocycles. The van der Waals surface area contributed by atoms with Crippen molar-refractivity contribution in [3.05, 3.63) is 96.6 Å². The van der Waals surface area contributed by atoms with Crippen LogP contribution in [0.5, 0.6) is 5.75 Å². The van der Waals surface area contributed by atoms with Crippen LogP contribution in [-0.4, -0.2) is 49.3 Å². The normalized spacial score (nSPS) is 24.2. The summed E-state index contributed by atoms with van der Waals surface area (Å²) >= 11 is 0. The first kappa shape index (κ1) is 22.5. The number of hydrogen-bond donors (Lipinski definition) is 1. The molecule has 3 aromatic rings. The molecular weight excluding hydrogens is 424 g/mol. The summed E-state index contributed by atoms with van der Waals surface area (Å²) in [6.07, 6.45) is 2.16. The molecular formula is C29H33N2O3+. The minimum Gasteiger partial charge on any atom is -0.488 e. The number of nitrogens with one attached hydrogen (secondary N) is 1. The summed E-state index contributed by atoms with van der Waals surface area (Å²) in [6, 6.07) is 29.2. The molecule has 2 atom stereocenters. The summed E-state index contributed by atoms with van der Waals surface area (Å²) in [4.78, 5) is 13.5. The van der Waals surface area contributed by atoms with Gasteiger partial charge < -0.3 is 19.3 Å². The van der Waals surface area contributed by atoms with Gasteiger partial charge in [0.05, 0.1) is 13.1 Å². The van der Waals surface area contributed by atoms with Crippen molar-refractivity contribution in [1.29, 1.82) is 0 Å². The van der Waals surface area contributed by atoms with Gasteiger partial charge in [-0.15, -0.1) is 0 Å². The Kier molecular flexibility index (Phi) is 6.82. The molecule has 0 radical (unpaired) electrons. The first-order valence-electron chi connectivity index (χ1n) is 12.3. The average molecular weight is 458 g/mol. The summed E-state index contributed by atoms with van der Waals surface area (Å²) in [5.41, 5.74) is 1.82. The van der Waals surface area contributed by atoms with E-state index in [0.717, 1.165) is 60.5 Å². The summed E-state index contributed by atoms with van der Waals surface area (Å²) in [6.45, 7) is 4.78. The molecule has 5 heteroatoms. The molecule has 0 aliphatic carbocycles. The Hall–Kier alpha value is -3.31. The number of carbonyl (C=O) groups is 1. The Morgan fingerprint density at radius 2 is 1.50 bits per heavy atom. The number of hydrogen-bond acceptors (Lipinski definition) is 4. The molecule has 34 heavy (non-hydrogen) atoms. The van der Waals surface area contributed by atoms with E-state index >= 15 is 0 Å². The molecule has 3 heterocycles. The third-order valence-electron chi connectivity index (χ3n) is 7.34. The highest BCUT2D eigenvalue weighted by atomic mass is 16.5. The van der Waals surface area contributed by atoms with Crippen molar-refractivity contribution in [2.24, 2.45) is 5.92 Å². The van der Waals surface area contributed by atoms with Gasteiger partial charge in [0, 0.05) is 24.4 Å². The van der Waals surface area contributed by atoms with Crippen LogP contribution < -0.4 is 10.1 Å². The molecule has 6 rings (SSSR count). The number of piperidine rings is 3. The predicted molar refractivity (Wildman–Crippen MR) is 134 cm³/mol. The second-order valence-electron chi connectivity index (χ2n) is 9.52. The van der Waals surface area contributed by atoms with E-state index in [-0.39, 0.29) is 12.1 Å². The van der Waals surface area contributed by atoms with E-state index < -0.39 is 6.04 Å². The zero-order valence-corrected chi connectivity index (χ0v) is 19.5. The van der Waals surface area contributed by atoms with Crippen LogP contribution in [0.4, 0.5) is 5.69 Å². The molecule has 0 amide bonds. The molecule has 0 spiro atoms. The van der Waals surface area contributed by atoms with E-state index in [2.05, 4.69) is 5.32 Å². The quantitative estimate of drug-likeness (QED) is 0.360. The molecule has 2 bridgehead atoms. The van der Waals surface area contributed by atoms with Gasteiger partial charge in [-0.05, 0) is 29.8 Å². The lowest BCUT2D eigenvalue weighted by Crippen LogP contribution is -2.65. The Bertz CT molecular complexity index is 1050. The molecule has 0 saturated carbocycles. The first-order chi connectivity index (χ1) is 16.7. The number of benzene rings is 3. The van der Waals surface area contributed by atoms with Crippen LogP contribution in [0, 0.1) is 5.92 Å². The van der Waals surface area contributed by atoms with E-state index in [9.17, 15) is 4.79 Å². The number of rotatable bonds is 9. The molecule has 3 fully saturated rings. The van der Waals surface area contributed by atoms with Crippen LogP contribution in [0.25, 0.3) is 0 Å². The number of ether oxygens (including phenoxy) is 2. The van der Waals surface area contributed by atoms with Gasteiger partial charge in [0.25, 0.3) is 0 Å². The lowest BCUT2D eigenvalue weighted by molar-refractivity contribution is -0.946. The Balaban J connectivity index is 1.25. The van der Waals surface area contributed by atoms with E-state index in [1.807, 2.05) is 91.0 Å². The fourth-order valence-corrected chi connectivity index (χ4v) is 5.39. The van der Waals surface area contributed by atoms with Gasteiger partial charge >= 0.3 is 5.97 Å². The SMILES string of the molecule is O=C(O[C@H]1C[N+]2(CCOc3ccccc3)CCC1CC2)[C@@H](Nc1ccccc1)c1ccccc1. The van der Waals surface area contributed by atoms with Gasteiger partial charge in [-0.25, -0.2) is 4.79 Å². The summed E-state index contributed by atoms with van der Waals surface area (Å²) in [5.74, 6) is 1.16. The highest BCUT2D eigenvalue weighted by molar-refractivity contribution is 5.81. The van der Waals surface area contributed by atoms with Crippen LogP contribution in [-0.2, 0) is 9.53 Å². The second-order valence-corrected chi connectivity index (χ2v) is 9.52. The van der Waals surface area contributed by atoms with Crippen molar-refractivity contribution < 1.29 is 18.8 Å². The largest absolute Gasteiger partial charge is 0.488 e. The fourth-order valence-electron chi connectivity index (χ4n) is 5.39.